The molecule has 2 heterocycles. The van der Waals surface area contributed by atoms with Gasteiger partial charge in [-0.1, -0.05) is 30.3 Å². The quantitative estimate of drug-likeness (QED) is 0.322. The Labute approximate surface area is 161 Å². The number of fused-ring (bicyclic) bond motifs is 1. The summed E-state index contributed by atoms with van der Waals surface area (Å²) in [5.41, 5.74) is -0.159. The number of thiazole rings is 1. The largest absolute Gasteiger partial charge is 0.494 e. The predicted octanol–water partition coefficient (Wildman–Crippen LogP) is 3.81. The van der Waals surface area contributed by atoms with E-state index in [1.807, 2.05) is 0 Å². The molecule has 0 aliphatic rings. The first-order chi connectivity index (χ1) is 13.6. The molecule has 28 heavy (non-hydrogen) atoms. The number of nitro benzene ring substituents is 1. The molecule has 1 N–H and O–H groups in total. The van der Waals surface area contributed by atoms with Crippen LogP contribution in [-0.4, -0.2) is 25.8 Å². The maximum absolute atomic E-state index is 12.9. The summed E-state index contributed by atoms with van der Waals surface area (Å²) in [6.45, 7) is 0. The van der Waals surface area contributed by atoms with Gasteiger partial charge in [0.15, 0.2) is 5.13 Å². The van der Waals surface area contributed by atoms with Crippen LogP contribution in [0.5, 0.6) is 5.88 Å². The molecule has 0 unspecified atom stereocenters. The molecule has 4 aromatic rings. The fraction of sp³-hybridized carbons (Fsp3) is 0. The van der Waals surface area contributed by atoms with Gasteiger partial charge in [0.2, 0.25) is 5.88 Å². The minimum absolute atomic E-state index is 0.142. The fourth-order valence-corrected chi connectivity index (χ4v) is 3.49. The summed E-state index contributed by atoms with van der Waals surface area (Å²) in [4.78, 5) is 31.8. The van der Waals surface area contributed by atoms with Crippen LogP contribution in [0.3, 0.4) is 0 Å². The van der Waals surface area contributed by atoms with Crippen molar-refractivity contribution >= 4 is 39.7 Å². The molecule has 4 rings (SSSR count). The molecule has 0 aliphatic carbocycles. The van der Waals surface area contributed by atoms with E-state index in [-0.39, 0.29) is 22.8 Å². The van der Waals surface area contributed by atoms with E-state index in [0.717, 1.165) is 4.57 Å². The molecule has 0 bridgehead atoms. The van der Waals surface area contributed by atoms with E-state index in [1.54, 1.807) is 41.8 Å². The van der Waals surface area contributed by atoms with Crippen LogP contribution in [0.1, 0.15) is 5.56 Å². The minimum Gasteiger partial charge on any atom is -0.494 e. The highest BCUT2D eigenvalue weighted by Gasteiger charge is 2.18. The van der Waals surface area contributed by atoms with Gasteiger partial charge in [-0.25, -0.2) is 14.5 Å². The average molecular weight is 392 g/mol. The Morgan fingerprint density at radius 3 is 2.57 bits per heavy atom. The SMILES string of the molecule is O=c1c2ccccc2c(C=Nc2ccccc2[N+](=O)[O-])c(O)n1-c1nccs1. The number of hydrogen-bond donors (Lipinski definition) is 1. The van der Waals surface area contributed by atoms with Gasteiger partial charge in [-0.2, -0.15) is 0 Å². The second kappa shape index (κ2) is 7.05. The Morgan fingerprint density at radius 2 is 1.86 bits per heavy atom. The number of nitro groups is 1. The summed E-state index contributed by atoms with van der Waals surface area (Å²) in [5, 5.41) is 24.9. The van der Waals surface area contributed by atoms with E-state index in [1.165, 1.54) is 35.9 Å². The number of para-hydroxylation sites is 2. The summed E-state index contributed by atoms with van der Waals surface area (Å²) < 4.78 is 1.10. The van der Waals surface area contributed by atoms with E-state index in [4.69, 9.17) is 0 Å². The average Bonchev–Trinajstić information content (AvgIpc) is 3.22. The number of nitrogens with zero attached hydrogens (tertiary/aromatic N) is 4. The number of aliphatic imine (C=N–C) groups is 1. The molecular weight excluding hydrogens is 380 g/mol. The van der Waals surface area contributed by atoms with Gasteiger partial charge < -0.3 is 5.11 Å². The van der Waals surface area contributed by atoms with Crippen molar-refractivity contribution in [2.24, 2.45) is 4.99 Å². The van der Waals surface area contributed by atoms with Crippen molar-refractivity contribution in [2.45, 2.75) is 0 Å². The molecule has 0 radical (unpaired) electrons. The number of aromatic nitrogens is 2. The fourth-order valence-electron chi connectivity index (χ4n) is 2.85. The van der Waals surface area contributed by atoms with Crippen LogP contribution in [-0.2, 0) is 0 Å². The normalized spacial score (nSPS) is 11.3. The summed E-state index contributed by atoms with van der Waals surface area (Å²) >= 11 is 1.20. The van der Waals surface area contributed by atoms with Gasteiger partial charge >= 0.3 is 0 Å². The van der Waals surface area contributed by atoms with Crippen LogP contribution in [0, 0.1) is 10.1 Å². The molecule has 0 fully saturated rings. The topological polar surface area (TPSA) is 111 Å². The van der Waals surface area contributed by atoms with Crippen molar-refractivity contribution in [1.29, 1.82) is 0 Å². The summed E-state index contributed by atoms with van der Waals surface area (Å²) in [6, 6.07) is 12.8. The highest BCUT2D eigenvalue weighted by atomic mass is 32.1. The van der Waals surface area contributed by atoms with Crippen molar-refractivity contribution in [3.63, 3.8) is 0 Å². The van der Waals surface area contributed by atoms with Crippen molar-refractivity contribution in [3.05, 3.63) is 86.1 Å². The Bertz CT molecular complexity index is 1280. The number of pyridine rings is 1. The third-order valence-electron chi connectivity index (χ3n) is 4.13. The third kappa shape index (κ3) is 2.93. The molecule has 8 nitrogen and oxygen atoms in total. The maximum atomic E-state index is 12.9. The van der Waals surface area contributed by atoms with Crippen molar-refractivity contribution in [3.8, 4) is 11.0 Å². The van der Waals surface area contributed by atoms with E-state index in [2.05, 4.69) is 9.98 Å². The van der Waals surface area contributed by atoms with Gasteiger partial charge in [-0.15, -0.1) is 11.3 Å². The van der Waals surface area contributed by atoms with Gasteiger partial charge in [0.25, 0.3) is 11.2 Å². The van der Waals surface area contributed by atoms with Crippen LogP contribution in [0.2, 0.25) is 0 Å². The lowest BCUT2D eigenvalue weighted by Gasteiger charge is -2.11. The zero-order valence-corrected chi connectivity index (χ0v) is 15.0. The third-order valence-corrected chi connectivity index (χ3v) is 4.88. The van der Waals surface area contributed by atoms with Crippen LogP contribution < -0.4 is 5.56 Å². The second-order valence-electron chi connectivity index (χ2n) is 5.74. The van der Waals surface area contributed by atoms with Crippen molar-refractivity contribution in [1.82, 2.24) is 9.55 Å². The molecule has 0 saturated heterocycles. The first-order valence-electron chi connectivity index (χ1n) is 8.12. The summed E-state index contributed by atoms with van der Waals surface area (Å²) in [7, 11) is 0. The molecule has 0 spiro atoms. The molecule has 2 aromatic carbocycles. The van der Waals surface area contributed by atoms with Gasteiger partial charge in [-0.05, 0) is 12.1 Å². The van der Waals surface area contributed by atoms with E-state index in [9.17, 15) is 20.0 Å². The van der Waals surface area contributed by atoms with E-state index in [0.29, 0.717) is 15.9 Å². The number of rotatable bonds is 4. The Hall–Kier alpha value is -3.85. The Morgan fingerprint density at radius 1 is 1.14 bits per heavy atom. The zero-order valence-electron chi connectivity index (χ0n) is 14.2. The number of benzene rings is 2. The van der Waals surface area contributed by atoms with Crippen molar-refractivity contribution in [2.75, 3.05) is 0 Å². The molecule has 0 amide bonds. The number of hydrogen-bond acceptors (Lipinski definition) is 7. The minimum atomic E-state index is -0.527. The van der Waals surface area contributed by atoms with Crippen LogP contribution >= 0.6 is 11.3 Å². The van der Waals surface area contributed by atoms with Crippen LogP contribution in [0.25, 0.3) is 15.9 Å². The highest BCUT2D eigenvalue weighted by Crippen LogP contribution is 2.29. The Kier molecular flexibility index (Phi) is 4.42. The zero-order chi connectivity index (χ0) is 19.7. The monoisotopic (exact) mass is 392 g/mol. The predicted molar refractivity (Wildman–Crippen MR) is 107 cm³/mol. The molecule has 138 valence electrons. The van der Waals surface area contributed by atoms with Gasteiger partial charge in [0.1, 0.15) is 5.69 Å². The summed E-state index contributed by atoms with van der Waals surface area (Å²) in [6.07, 6.45) is 2.85. The van der Waals surface area contributed by atoms with Crippen molar-refractivity contribution < 1.29 is 10.0 Å². The van der Waals surface area contributed by atoms with E-state index < -0.39 is 10.5 Å². The molecule has 2 aromatic heterocycles. The lowest BCUT2D eigenvalue weighted by Crippen LogP contribution is -2.19. The second-order valence-corrected chi connectivity index (χ2v) is 6.62. The van der Waals surface area contributed by atoms with Gasteiger partial charge in [-0.3, -0.25) is 14.9 Å². The first-order valence-corrected chi connectivity index (χ1v) is 9.00. The first kappa shape index (κ1) is 17.6. The van der Waals surface area contributed by atoms with Crippen LogP contribution in [0.4, 0.5) is 11.4 Å². The van der Waals surface area contributed by atoms with Crippen LogP contribution in [0.15, 0.2) is 69.9 Å². The smallest absolute Gasteiger partial charge is 0.294 e. The standard InChI is InChI=1S/C19H12N4O4S/c24-17-13-6-2-1-5-12(13)14(18(25)22(17)19-20-9-10-28-19)11-21-15-7-3-4-8-16(15)23(26)27/h1-11,25H. The molecule has 9 heteroatoms. The highest BCUT2D eigenvalue weighted by molar-refractivity contribution is 7.12. The molecular formula is C19H12N4O4S. The Balaban J connectivity index is 1.98. The molecule has 0 aliphatic heterocycles. The lowest BCUT2D eigenvalue weighted by molar-refractivity contribution is -0.384. The summed E-state index contributed by atoms with van der Waals surface area (Å²) in [5.74, 6) is -0.332. The maximum Gasteiger partial charge on any atom is 0.294 e. The van der Waals surface area contributed by atoms with Gasteiger partial charge in [0, 0.05) is 34.6 Å². The van der Waals surface area contributed by atoms with Gasteiger partial charge in [0.05, 0.1) is 10.5 Å². The number of aromatic hydroxyl groups is 1. The molecule has 0 atom stereocenters. The lowest BCUT2D eigenvalue weighted by atomic mass is 10.1. The molecule has 0 saturated carbocycles. The van der Waals surface area contributed by atoms with E-state index >= 15 is 0 Å².